The second-order valence-electron chi connectivity index (χ2n) is 8.09. The van der Waals surface area contributed by atoms with E-state index in [9.17, 15) is 4.79 Å². The van der Waals surface area contributed by atoms with Crippen molar-refractivity contribution in [2.24, 2.45) is 0 Å². The van der Waals surface area contributed by atoms with Crippen LogP contribution >= 0.6 is 11.3 Å². The molecule has 0 radical (unpaired) electrons. The minimum absolute atomic E-state index is 0.0217. The second-order valence-corrected chi connectivity index (χ2v) is 9.12. The molecule has 3 aromatic rings. The van der Waals surface area contributed by atoms with Gasteiger partial charge in [0.25, 0.3) is 5.91 Å². The lowest BCUT2D eigenvalue weighted by molar-refractivity contribution is 0.102. The molecule has 2 aromatic heterocycles. The molecule has 1 fully saturated rings. The maximum atomic E-state index is 12.6. The van der Waals surface area contributed by atoms with E-state index in [0.717, 1.165) is 46.8 Å². The van der Waals surface area contributed by atoms with Crippen molar-refractivity contribution in [2.45, 2.75) is 45.1 Å². The second kappa shape index (κ2) is 7.05. The van der Waals surface area contributed by atoms with Gasteiger partial charge in [0, 0.05) is 23.8 Å². The first-order valence-corrected chi connectivity index (χ1v) is 10.2. The molecule has 1 amide bonds. The summed E-state index contributed by atoms with van der Waals surface area (Å²) in [6, 6.07) is 7.96. The number of amides is 1. The molecule has 4 rings (SSSR count). The topological polar surface area (TPSA) is 71.8 Å². The molecule has 27 heavy (non-hydrogen) atoms. The molecule has 1 atom stereocenters. The largest absolute Gasteiger partial charge is 0.321 e. The first-order chi connectivity index (χ1) is 12.9. The third-order valence-corrected chi connectivity index (χ3v) is 6.22. The number of benzene rings is 1. The van der Waals surface area contributed by atoms with Crippen LogP contribution in [0.1, 0.15) is 55.2 Å². The lowest BCUT2D eigenvalue weighted by Crippen LogP contribution is -2.32. The van der Waals surface area contributed by atoms with Gasteiger partial charge in [0.15, 0.2) is 5.69 Å². The summed E-state index contributed by atoms with van der Waals surface area (Å²) in [5, 5.41) is 11.9. The van der Waals surface area contributed by atoms with Crippen molar-refractivity contribution in [1.29, 1.82) is 0 Å². The molecule has 142 valence electrons. The van der Waals surface area contributed by atoms with Gasteiger partial charge in [-0.25, -0.2) is 4.98 Å². The average molecular weight is 384 g/mol. The highest BCUT2D eigenvalue weighted by Crippen LogP contribution is 2.32. The third-order valence-electron chi connectivity index (χ3n) is 4.77. The molecule has 0 saturated carbocycles. The molecule has 2 N–H and O–H groups in total. The molecule has 1 aliphatic rings. The van der Waals surface area contributed by atoms with Crippen molar-refractivity contribution in [1.82, 2.24) is 20.1 Å². The average Bonchev–Trinajstić information content (AvgIpc) is 3.29. The smallest absolute Gasteiger partial charge is 0.276 e. The van der Waals surface area contributed by atoms with Gasteiger partial charge in [-0.1, -0.05) is 20.8 Å². The summed E-state index contributed by atoms with van der Waals surface area (Å²) in [4.78, 5) is 17.3. The molecule has 1 unspecified atom stereocenters. The van der Waals surface area contributed by atoms with Crippen LogP contribution in [0, 0.1) is 0 Å². The van der Waals surface area contributed by atoms with Gasteiger partial charge < -0.3 is 10.6 Å². The Morgan fingerprint density at radius 1 is 1.33 bits per heavy atom. The van der Waals surface area contributed by atoms with E-state index in [1.54, 1.807) is 17.4 Å². The summed E-state index contributed by atoms with van der Waals surface area (Å²) >= 11 is 1.68. The number of nitrogens with one attached hydrogen (secondary N) is 2. The molecule has 0 spiro atoms. The predicted molar refractivity (Wildman–Crippen MR) is 110 cm³/mol. The number of nitrogens with zero attached hydrogens (tertiary/aromatic N) is 3. The first kappa shape index (κ1) is 18.1. The Morgan fingerprint density at radius 3 is 2.93 bits per heavy atom. The number of rotatable bonds is 3. The maximum Gasteiger partial charge on any atom is 0.276 e. The van der Waals surface area contributed by atoms with Crippen LogP contribution in [-0.4, -0.2) is 33.8 Å². The van der Waals surface area contributed by atoms with Crippen molar-refractivity contribution < 1.29 is 4.79 Å². The number of anilines is 1. The maximum absolute atomic E-state index is 12.6. The molecule has 0 bridgehead atoms. The van der Waals surface area contributed by atoms with E-state index in [2.05, 4.69) is 36.5 Å². The van der Waals surface area contributed by atoms with E-state index in [1.165, 1.54) is 0 Å². The summed E-state index contributed by atoms with van der Waals surface area (Å²) < 4.78 is 2.99. The minimum Gasteiger partial charge on any atom is -0.321 e. The molecule has 6 nitrogen and oxygen atoms in total. The fraction of sp³-hybridized carbons (Fsp3) is 0.450. The van der Waals surface area contributed by atoms with Crippen LogP contribution < -0.4 is 10.6 Å². The van der Waals surface area contributed by atoms with Crippen LogP contribution in [-0.2, 0) is 5.41 Å². The summed E-state index contributed by atoms with van der Waals surface area (Å²) in [7, 11) is 0. The first-order valence-electron chi connectivity index (χ1n) is 9.38. The van der Waals surface area contributed by atoms with Gasteiger partial charge in [-0.3, -0.25) is 9.48 Å². The minimum atomic E-state index is -0.183. The lowest BCUT2D eigenvalue weighted by atomic mass is 9.98. The summed E-state index contributed by atoms with van der Waals surface area (Å²) in [6.45, 7) is 8.44. The fourth-order valence-corrected chi connectivity index (χ4v) is 4.30. The lowest BCUT2D eigenvalue weighted by Gasteiger charge is -2.22. The molecule has 1 aromatic carbocycles. The molecule has 1 aliphatic heterocycles. The van der Waals surface area contributed by atoms with Crippen LogP contribution in [0.4, 0.5) is 5.69 Å². The Kier molecular flexibility index (Phi) is 4.74. The quantitative estimate of drug-likeness (QED) is 0.718. The Hall–Kier alpha value is -2.25. The van der Waals surface area contributed by atoms with Gasteiger partial charge in [0.05, 0.1) is 21.3 Å². The third kappa shape index (κ3) is 3.89. The zero-order valence-electron chi connectivity index (χ0n) is 16.0. The van der Waals surface area contributed by atoms with E-state index in [-0.39, 0.29) is 11.3 Å². The Balaban J connectivity index is 1.50. The number of carbonyl (C=O) groups is 1. The summed E-state index contributed by atoms with van der Waals surface area (Å²) in [6.07, 6.45) is 4.12. The number of piperidine rings is 1. The van der Waals surface area contributed by atoms with Crippen LogP contribution in [0.3, 0.4) is 0 Å². The van der Waals surface area contributed by atoms with E-state index >= 15 is 0 Å². The van der Waals surface area contributed by atoms with Crippen LogP contribution in [0.25, 0.3) is 10.2 Å². The summed E-state index contributed by atoms with van der Waals surface area (Å²) in [5.41, 5.74) is 2.20. The molecule has 1 saturated heterocycles. The number of hydrogen-bond donors (Lipinski definition) is 2. The van der Waals surface area contributed by atoms with Gasteiger partial charge in [0.2, 0.25) is 0 Å². The van der Waals surface area contributed by atoms with Gasteiger partial charge in [-0.05, 0) is 43.7 Å². The number of hydrogen-bond acceptors (Lipinski definition) is 5. The van der Waals surface area contributed by atoms with Crippen molar-refractivity contribution in [3.8, 4) is 0 Å². The Labute approximate surface area is 163 Å². The van der Waals surface area contributed by atoms with Gasteiger partial charge in [0.1, 0.15) is 0 Å². The van der Waals surface area contributed by atoms with Crippen LogP contribution in [0.2, 0.25) is 0 Å². The monoisotopic (exact) mass is 383 g/mol. The molecule has 3 heterocycles. The van der Waals surface area contributed by atoms with Crippen LogP contribution in [0.5, 0.6) is 0 Å². The highest BCUT2D eigenvalue weighted by atomic mass is 32.1. The molecular weight excluding hydrogens is 358 g/mol. The zero-order valence-corrected chi connectivity index (χ0v) is 16.8. The fourth-order valence-electron chi connectivity index (χ4n) is 3.24. The van der Waals surface area contributed by atoms with Gasteiger partial charge in [-0.15, -0.1) is 11.3 Å². The van der Waals surface area contributed by atoms with E-state index in [4.69, 9.17) is 4.98 Å². The van der Waals surface area contributed by atoms with E-state index in [0.29, 0.717) is 11.7 Å². The number of aromatic nitrogens is 3. The number of carbonyl (C=O) groups excluding carboxylic acids is 1. The normalized spacial score (nSPS) is 18.0. The highest BCUT2D eigenvalue weighted by Gasteiger charge is 2.20. The summed E-state index contributed by atoms with van der Waals surface area (Å²) in [5.74, 6) is -0.183. The standard InChI is InChI=1S/C20H25N5OS/c1-20(2,3)19-23-15-7-6-13(11-17(15)27-19)22-18(26)16-8-10-25(24-16)14-5-4-9-21-12-14/h6-8,10-11,14,21H,4-5,9,12H2,1-3H3,(H,22,26). The number of fused-ring (bicyclic) bond motifs is 1. The van der Waals surface area contributed by atoms with Crippen molar-refractivity contribution in [3.05, 3.63) is 41.2 Å². The molecule has 0 aliphatic carbocycles. The molecular formula is C20H25N5OS. The Bertz CT molecular complexity index is 962. The van der Waals surface area contributed by atoms with Crippen molar-refractivity contribution in [3.63, 3.8) is 0 Å². The Morgan fingerprint density at radius 2 is 2.19 bits per heavy atom. The van der Waals surface area contributed by atoms with Crippen LogP contribution in [0.15, 0.2) is 30.5 Å². The van der Waals surface area contributed by atoms with Gasteiger partial charge in [-0.2, -0.15) is 5.10 Å². The van der Waals surface area contributed by atoms with Crippen molar-refractivity contribution >= 4 is 33.1 Å². The van der Waals surface area contributed by atoms with E-state index in [1.807, 2.05) is 29.1 Å². The predicted octanol–water partition coefficient (Wildman–Crippen LogP) is 3.97. The SMILES string of the molecule is CC(C)(C)c1nc2ccc(NC(=O)c3ccn(C4CCCNC4)n3)cc2s1. The zero-order chi connectivity index (χ0) is 19.0. The number of thiazole rings is 1. The van der Waals surface area contributed by atoms with E-state index < -0.39 is 0 Å². The highest BCUT2D eigenvalue weighted by molar-refractivity contribution is 7.18. The van der Waals surface area contributed by atoms with Crippen molar-refractivity contribution in [2.75, 3.05) is 18.4 Å². The van der Waals surface area contributed by atoms with Gasteiger partial charge >= 0.3 is 0 Å². The molecule has 7 heteroatoms.